The van der Waals surface area contributed by atoms with Crippen molar-refractivity contribution in [2.75, 3.05) is 6.61 Å². The number of hydrogen-bond acceptors (Lipinski definition) is 5. The van der Waals surface area contributed by atoms with E-state index in [-0.39, 0.29) is 18.8 Å². The van der Waals surface area contributed by atoms with Crippen LogP contribution in [-0.2, 0) is 24.0 Å². The Morgan fingerprint density at radius 3 is 2.36 bits per heavy atom. The van der Waals surface area contributed by atoms with Gasteiger partial charge in [0.05, 0.1) is 12.7 Å². The van der Waals surface area contributed by atoms with Gasteiger partial charge in [-0.05, 0) is 18.4 Å². The van der Waals surface area contributed by atoms with Gasteiger partial charge in [0.1, 0.15) is 6.10 Å². The molecule has 0 aromatic heterocycles. The van der Waals surface area contributed by atoms with Crippen LogP contribution in [0.25, 0.3) is 0 Å². The van der Waals surface area contributed by atoms with E-state index < -0.39 is 16.1 Å². The smallest absolute Gasteiger partial charge is 0.333 e. The summed E-state index contributed by atoms with van der Waals surface area (Å²) in [6.45, 7) is 3.99. The largest absolute Gasteiger partial charge is 0.344 e. The van der Waals surface area contributed by atoms with Crippen LogP contribution in [0.4, 0.5) is 0 Å². The zero-order chi connectivity index (χ0) is 16.2. The highest BCUT2D eigenvalue weighted by Crippen LogP contribution is 2.43. The van der Waals surface area contributed by atoms with Crippen molar-refractivity contribution >= 4 is 10.3 Å². The summed E-state index contributed by atoms with van der Waals surface area (Å²) < 4.78 is 38.6. The van der Waals surface area contributed by atoms with Gasteiger partial charge in [0.15, 0.2) is 5.79 Å². The Labute approximate surface area is 131 Å². The third kappa shape index (κ3) is 4.27. The van der Waals surface area contributed by atoms with Crippen LogP contribution < -0.4 is 5.14 Å². The van der Waals surface area contributed by atoms with Crippen molar-refractivity contribution in [3.63, 3.8) is 0 Å². The predicted octanol–water partition coefficient (Wildman–Crippen LogP) is 2.27. The van der Waals surface area contributed by atoms with Gasteiger partial charge in [0.25, 0.3) is 0 Å². The fourth-order valence-corrected chi connectivity index (χ4v) is 3.00. The lowest BCUT2D eigenvalue weighted by Crippen LogP contribution is -2.29. The normalized spacial score (nSPS) is 24.5. The van der Waals surface area contributed by atoms with Crippen LogP contribution in [0, 0.1) is 0 Å². The molecular weight excluding hydrogens is 306 g/mol. The van der Waals surface area contributed by atoms with E-state index in [9.17, 15) is 8.42 Å². The molecule has 22 heavy (non-hydrogen) atoms. The molecule has 0 bridgehead atoms. The third-order valence-electron chi connectivity index (χ3n) is 3.90. The molecule has 2 N–H and O–H groups in total. The van der Waals surface area contributed by atoms with Crippen LogP contribution in [0.15, 0.2) is 30.3 Å². The molecule has 6 nitrogen and oxygen atoms in total. The summed E-state index contributed by atoms with van der Waals surface area (Å²) in [5.74, 6) is -0.632. The van der Waals surface area contributed by atoms with Crippen LogP contribution in [0.2, 0.25) is 0 Å². The topological polar surface area (TPSA) is 87.9 Å². The van der Waals surface area contributed by atoms with Crippen LogP contribution in [0.3, 0.4) is 0 Å². The molecule has 1 saturated heterocycles. The molecule has 0 aliphatic carbocycles. The summed E-state index contributed by atoms with van der Waals surface area (Å²) in [6.07, 6.45) is 1.31. The highest BCUT2D eigenvalue weighted by Gasteiger charge is 2.45. The quantitative estimate of drug-likeness (QED) is 0.829. The van der Waals surface area contributed by atoms with Crippen molar-refractivity contribution in [3.8, 4) is 0 Å². The van der Waals surface area contributed by atoms with Crippen LogP contribution in [0.5, 0.6) is 0 Å². The number of rotatable bonds is 7. The highest BCUT2D eigenvalue weighted by atomic mass is 32.2. The average Bonchev–Trinajstić information content (AvgIpc) is 2.87. The number of benzene rings is 1. The van der Waals surface area contributed by atoms with Gasteiger partial charge in [-0.1, -0.05) is 44.2 Å². The molecule has 2 rings (SSSR count). The Hall–Kier alpha value is -0.990. The van der Waals surface area contributed by atoms with Gasteiger partial charge in [-0.2, -0.15) is 8.42 Å². The molecular formula is C15H23NO5S. The second kappa shape index (κ2) is 7.06. The summed E-state index contributed by atoms with van der Waals surface area (Å²) in [4.78, 5) is 0. The maximum absolute atomic E-state index is 10.9. The molecule has 0 saturated carbocycles. The summed E-state index contributed by atoms with van der Waals surface area (Å²) in [5, 5.41) is 4.85. The molecule has 1 aliphatic rings. The summed E-state index contributed by atoms with van der Waals surface area (Å²) in [5.41, 5.74) is 1.01. The van der Waals surface area contributed by atoms with E-state index in [1.54, 1.807) is 0 Å². The molecule has 0 radical (unpaired) electrons. The molecule has 2 atom stereocenters. The number of ether oxygens (including phenoxy) is 2. The van der Waals surface area contributed by atoms with E-state index in [1.165, 1.54) is 0 Å². The average molecular weight is 329 g/mol. The fraction of sp³-hybridized carbons (Fsp3) is 0.600. The molecule has 7 heteroatoms. The molecule has 124 valence electrons. The maximum atomic E-state index is 10.9. The van der Waals surface area contributed by atoms with Crippen molar-refractivity contribution in [2.45, 2.75) is 51.1 Å². The van der Waals surface area contributed by atoms with Gasteiger partial charge in [0, 0.05) is 6.42 Å². The monoisotopic (exact) mass is 329 g/mol. The lowest BCUT2D eigenvalue weighted by molar-refractivity contribution is -0.180. The minimum Gasteiger partial charge on any atom is -0.344 e. The molecule has 1 aliphatic heterocycles. The van der Waals surface area contributed by atoms with Crippen LogP contribution in [-0.4, -0.2) is 26.9 Å². The van der Waals surface area contributed by atoms with E-state index in [0.29, 0.717) is 6.42 Å². The minimum atomic E-state index is -3.93. The van der Waals surface area contributed by atoms with Crippen LogP contribution in [0.1, 0.15) is 44.8 Å². The van der Waals surface area contributed by atoms with Gasteiger partial charge < -0.3 is 9.47 Å². The van der Waals surface area contributed by atoms with Gasteiger partial charge >= 0.3 is 10.3 Å². The summed E-state index contributed by atoms with van der Waals surface area (Å²) in [7, 11) is -3.93. The molecule has 0 unspecified atom stereocenters. The lowest BCUT2D eigenvalue weighted by Gasteiger charge is -2.25. The SMILES string of the molecule is CCC1(CC)O[C@@H](CCOS(N)(=O)=O)[C@H](c2ccccc2)O1. The Kier molecular flexibility index (Phi) is 5.57. The zero-order valence-corrected chi connectivity index (χ0v) is 13.7. The van der Waals surface area contributed by atoms with Gasteiger partial charge in [-0.25, -0.2) is 5.14 Å². The first-order valence-electron chi connectivity index (χ1n) is 7.47. The Balaban J connectivity index is 2.13. The third-order valence-corrected chi connectivity index (χ3v) is 4.40. The molecule has 1 heterocycles. The van der Waals surface area contributed by atoms with Crippen molar-refractivity contribution in [2.24, 2.45) is 5.14 Å². The molecule has 1 fully saturated rings. The first-order chi connectivity index (χ1) is 10.4. The fourth-order valence-electron chi connectivity index (χ4n) is 2.67. The zero-order valence-electron chi connectivity index (χ0n) is 12.9. The standard InChI is InChI=1S/C15H23NO5S/c1-3-15(4-2)20-13(10-11-19-22(16,17)18)14(21-15)12-8-6-5-7-9-12/h5-9,13-14H,3-4,10-11H2,1-2H3,(H2,16,17,18)/t13-,14-/m0/s1. The number of hydrogen-bond donors (Lipinski definition) is 1. The van der Waals surface area contributed by atoms with E-state index in [2.05, 4.69) is 4.18 Å². The Morgan fingerprint density at radius 2 is 1.82 bits per heavy atom. The predicted molar refractivity (Wildman–Crippen MR) is 82.1 cm³/mol. The Bertz CT molecular complexity index is 571. The van der Waals surface area contributed by atoms with Crippen molar-refractivity contribution in [1.29, 1.82) is 0 Å². The van der Waals surface area contributed by atoms with E-state index in [4.69, 9.17) is 14.6 Å². The van der Waals surface area contributed by atoms with E-state index >= 15 is 0 Å². The minimum absolute atomic E-state index is 0.0281. The van der Waals surface area contributed by atoms with Crippen LogP contribution >= 0.6 is 0 Å². The summed E-state index contributed by atoms with van der Waals surface area (Å²) in [6, 6.07) is 9.76. The molecule has 0 spiro atoms. The van der Waals surface area contributed by atoms with E-state index in [0.717, 1.165) is 18.4 Å². The molecule has 0 amide bonds. The van der Waals surface area contributed by atoms with Crippen molar-refractivity contribution in [3.05, 3.63) is 35.9 Å². The van der Waals surface area contributed by atoms with Gasteiger partial charge in [-0.15, -0.1) is 0 Å². The second-order valence-electron chi connectivity index (χ2n) is 5.33. The Morgan fingerprint density at radius 1 is 1.18 bits per heavy atom. The lowest BCUT2D eigenvalue weighted by atomic mass is 10.0. The van der Waals surface area contributed by atoms with Crippen molar-refractivity contribution < 1.29 is 22.1 Å². The summed E-state index contributed by atoms with van der Waals surface area (Å²) >= 11 is 0. The first kappa shape index (κ1) is 17.4. The maximum Gasteiger partial charge on any atom is 0.333 e. The molecule has 1 aromatic rings. The van der Waals surface area contributed by atoms with Crippen molar-refractivity contribution in [1.82, 2.24) is 0 Å². The molecule has 1 aromatic carbocycles. The van der Waals surface area contributed by atoms with E-state index in [1.807, 2.05) is 44.2 Å². The highest BCUT2D eigenvalue weighted by molar-refractivity contribution is 7.84. The second-order valence-corrected chi connectivity index (χ2v) is 6.55. The number of nitrogens with two attached hydrogens (primary N) is 1. The van der Waals surface area contributed by atoms with Gasteiger partial charge in [0.2, 0.25) is 0 Å². The first-order valence-corrected chi connectivity index (χ1v) is 8.94. The van der Waals surface area contributed by atoms with Gasteiger partial charge in [-0.3, -0.25) is 4.18 Å².